The average Bonchev–Trinajstić information content (AvgIpc) is 3.53. The Labute approximate surface area is 176 Å². The van der Waals surface area contributed by atoms with Gasteiger partial charge in [-0.25, -0.2) is 13.4 Å². The molecule has 0 atom stereocenters. The number of aromatic nitrogens is 2. The fraction of sp³-hybridized carbons (Fsp3) is 0.364. The van der Waals surface area contributed by atoms with Crippen LogP contribution < -0.4 is 4.90 Å². The number of nitrogens with zero attached hydrogens (tertiary/aromatic N) is 5. The molecule has 1 fully saturated rings. The lowest BCUT2D eigenvalue weighted by Crippen LogP contribution is -2.47. The maximum atomic E-state index is 13.1. The number of aryl methyl sites for hydroxylation is 1. The number of unbranched alkanes of at least 4 members (excludes halogenated alkanes) is 1. The number of hydrogen-bond acceptors (Lipinski definition) is 5. The molecule has 7 nitrogen and oxygen atoms in total. The highest BCUT2D eigenvalue weighted by molar-refractivity contribution is 7.89. The summed E-state index contributed by atoms with van der Waals surface area (Å²) in [5.41, 5.74) is 2.69. The van der Waals surface area contributed by atoms with Crippen molar-refractivity contribution in [2.24, 2.45) is 0 Å². The fourth-order valence-corrected chi connectivity index (χ4v) is 6.03. The van der Waals surface area contributed by atoms with Gasteiger partial charge in [0.1, 0.15) is 10.7 Å². The molecular weight excluding hydrogens is 398 g/mol. The van der Waals surface area contributed by atoms with Gasteiger partial charge in [-0.2, -0.15) is 9.57 Å². The van der Waals surface area contributed by atoms with E-state index in [0.29, 0.717) is 31.1 Å². The van der Waals surface area contributed by atoms with Crippen LogP contribution in [0.25, 0.3) is 11.0 Å². The van der Waals surface area contributed by atoms with Crippen molar-refractivity contribution in [1.82, 2.24) is 13.9 Å². The molecule has 5 rings (SSSR count). The second-order valence-corrected chi connectivity index (χ2v) is 9.72. The highest BCUT2D eigenvalue weighted by Crippen LogP contribution is 2.40. The average molecular weight is 422 g/mol. The van der Waals surface area contributed by atoms with Crippen molar-refractivity contribution in [3.63, 3.8) is 0 Å². The summed E-state index contributed by atoms with van der Waals surface area (Å²) in [7, 11) is -3.47. The summed E-state index contributed by atoms with van der Waals surface area (Å²) in [6, 6.07) is 17.5. The standard InChI is InChI=1S/C22H23N5O2S/c23-13-5-6-14-26-19-8-2-1-7-18(19)24-22(26)15-25-16-27(17-11-12-17)30(28,29)21-10-4-3-9-20(21)25/h1-4,7-10,17H,5-6,11-12,14-16H2. The minimum atomic E-state index is -3.47. The van der Waals surface area contributed by atoms with Crippen molar-refractivity contribution < 1.29 is 8.42 Å². The van der Waals surface area contributed by atoms with Gasteiger partial charge in [0.05, 0.1) is 36.0 Å². The van der Waals surface area contributed by atoms with Gasteiger partial charge in [0.25, 0.3) is 0 Å². The van der Waals surface area contributed by atoms with Crippen LogP contribution in [0.2, 0.25) is 0 Å². The number of anilines is 1. The van der Waals surface area contributed by atoms with Crippen LogP contribution in [-0.4, -0.2) is 35.0 Å². The molecule has 3 aromatic rings. The molecular formula is C22H23N5O2S. The number of sulfonamides is 1. The molecule has 154 valence electrons. The lowest BCUT2D eigenvalue weighted by Gasteiger charge is -2.37. The molecule has 1 saturated carbocycles. The summed E-state index contributed by atoms with van der Waals surface area (Å²) in [5, 5.41) is 8.94. The van der Waals surface area contributed by atoms with E-state index >= 15 is 0 Å². The van der Waals surface area contributed by atoms with Crippen LogP contribution in [0, 0.1) is 11.3 Å². The van der Waals surface area contributed by atoms with Gasteiger partial charge < -0.3 is 9.47 Å². The smallest absolute Gasteiger partial charge is 0.246 e. The molecule has 2 aliphatic rings. The van der Waals surface area contributed by atoms with Crippen molar-refractivity contribution in [2.75, 3.05) is 11.6 Å². The first-order chi connectivity index (χ1) is 14.6. The zero-order valence-corrected chi connectivity index (χ0v) is 17.4. The molecule has 0 amide bonds. The number of benzene rings is 2. The van der Waals surface area contributed by atoms with Gasteiger partial charge >= 0.3 is 0 Å². The molecule has 0 bridgehead atoms. The maximum absolute atomic E-state index is 13.1. The van der Waals surface area contributed by atoms with Crippen molar-refractivity contribution in [3.8, 4) is 6.07 Å². The van der Waals surface area contributed by atoms with Crippen LogP contribution in [0.1, 0.15) is 31.5 Å². The summed E-state index contributed by atoms with van der Waals surface area (Å²) in [5.74, 6) is 0.888. The molecule has 8 heteroatoms. The molecule has 2 heterocycles. The summed E-state index contributed by atoms with van der Waals surface area (Å²) in [4.78, 5) is 7.33. The SMILES string of the molecule is N#CCCCn1c(CN2CN(C3CC3)S(=O)(=O)c3ccccc32)nc2ccccc21. The third-order valence-corrected chi connectivity index (χ3v) is 7.73. The number of rotatable bonds is 6. The predicted molar refractivity (Wildman–Crippen MR) is 114 cm³/mol. The number of para-hydroxylation sites is 3. The Morgan fingerprint density at radius 2 is 1.87 bits per heavy atom. The Morgan fingerprint density at radius 3 is 2.67 bits per heavy atom. The second-order valence-electron chi connectivity index (χ2n) is 7.86. The maximum Gasteiger partial charge on any atom is 0.246 e. The minimum absolute atomic E-state index is 0.0975. The Kier molecular flexibility index (Phi) is 4.72. The lowest BCUT2D eigenvalue weighted by molar-refractivity contribution is 0.384. The summed E-state index contributed by atoms with van der Waals surface area (Å²) < 4.78 is 30.0. The molecule has 0 saturated heterocycles. The quantitative estimate of drug-likeness (QED) is 0.569. The molecule has 0 spiro atoms. The zero-order valence-electron chi connectivity index (χ0n) is 16.6. The van der Waals surface area contributed by atoms with Gasteiger partial charge in [-0.05, 0) is 43.5 Å². The van der Waals surface area contributed by atoms with Gasteiger partial charge in [-0.15, -0.1) is 0 Å². The third kappa shape index (κ3) is 3.24. The van der Waals surface area contributed by atoms with Crippen LogP contribution in [0.4, 0.5) is 5.69 Å². The fourth-order valence-electron chi connectivity index (χ4n) is 4.18. The Balaban J connectivity index is 1.54. The van der Waals surface area contributed by atoms with Crippen molar-refractivity contribution >= 4 is 26.7 Å². The van der Waals surface area contributed by atoms with Crippen molar-refractivity contribution in [2.45, 2.75) is 49.7 Å². The molecule has 30 heavy (non-hydrogen) atoms. The number of hydrogen-bond donors (Lipinski definition) is 0. The lowest BCUT2D eigenvalue weighted by atomic mass is 10.2. The molecule has 1 aliphatic heterocycles. The van der Waals surface area contributed by atoms with Gasteiger partial charge in [-0.3, -0.25) is 0 Å². The topological polar surface area (TPSA) is 82.2 Å². The number of fused-ring (bicyclic) bond motifs is 2. The largest absolute Gasteiger partial charge is 0.349 e. The van der Waals surface area contributed by atoms with Crippen molar-refractivity contribution in [3.05, 3.63) is 54.4 Å². The Hall–Kier alpha value is -2.89. The van der Waals surface area contributed by atoms with E-state index in [-0.39, 0.29) is 6.04 Å². The summed E-state index contributed by atoms with van der Waals surface area (Å²) >= 11 is 0. The first-order valence-corrected chi connectivity index (χ1v) is 11.7. The van der Waals surface area contributed by atoms with E-state index in [1.165, 1.54) is 0 Å². The van der Waals surface area contributed by atoms with Crippen LogP contribution >= 0.6 is 0 Å². The predicted octanol–water partition coefficient (Wildman–Crippen LogP) is 3.47. The summed E-state index contributed by atoms with van der Waals surface area (Å²) in [6.07, 6.45) is 3.08. The van der Waals surface area contributed by atoms with Crippen LogP contribution in [0.5, 0.6) is 0 Å². The Morgan fingerprint density at radius 1 is 1.10 bits per heavy atom. The van der Waals surface area contributed by atoms with E-state index in [1.807, 2.05) is 36.4 Å². The molecule has 1 aromatic heterocycles. The van der Waals surface area contributed by atoms with Crippen molar-refractivity contribution in [1.29, 1.82) is 5.26 Å². The highest BCUT2D eigenvalue weighted by atomic mass is 32.2. The van der Waals surface area contributed by atoms with E-state index in [0.717, 1.165) is 41.8 Å². The van der Waals surface area contributed by atoms with E-state index in [2.05, 4.69) is 15.5 Å². The monoisotopic (exact) mass is 421 g/mol. The first kappa shape index (κ1) is 19.1. The minimum Gasteiger partial charge on any atom is -0.349 e. The molecule has 1 aliphatic carbocycles. The molecule has 0 N–H and O–H groups in total. The van der Waals surface area contributed by atoms with E-state index < -0.39 is 10.0 Å². The van der Waals surface area contributed by atoms with Crippen LogP contribution in [-0.2, 0) is 23.1 Å². The highest BCUT2D eigenvalue weighted by Gasteiger charge is 2.43. The summed E-state index contributed by atoms with van der Waals surface area (Å²) in [6.45, 7) is 1.56. The molecule has 0 radical (unpaired) electrons. The zero-order chi connectivity index (χ0) is 20.7. The number of imidazole rings is 1. The normalized spacial score (nSPS) is 18.3. The molecule has 2 aromatic carbocycles. The second kappa shape index (κ2) is 7.42. The molecule has 0 unspecified atom stereocenters. The number of nitriles is 1. The van der Waals surface area contributed by atoms with Gasteiger partial charge in [-0.1, -0.05) is 24.3 Å². The van der Waals surface area contributed by atoms with Gasteiger partial charge in [0.2, 0.25) is 10.0 Å². The van der Waals surface area contributed by atoms with Crippen LogP contribution in [0.3, 0.4) is 0 Å². The van der Waals surface area contributed by atoms with E-state index in [1.54, 1.807) is 16.4 Å². The van der Waals surface area contributed by atoms with Gasteiger partial charge in [0.15, 0.2) is 0 Å². The van der Waals surface area contributed by atoms with Crippen LogP contribution in [0.15, 0.2) is 53.4 Å². The first-order valence-electron chi connectivity index (χ1n) is 10.3. The third-order valence-electron chi connectivity index (χ3n) is 5.79. The Bertz CT molecular complexity index is 1240. The van der Waals surface area contributed by atoms with Gasteiger partial charge in [0, 0.05) is 19.0 Å². The van der Waals surface area contributed by atoms with E-state index in [9.17, 15) is 8.42 Å². The van der Waals surface area contributed by atoms with E-state index in [4.69, 9.17) is 10.2 Å².